The molecule has 1 amide bonds. The van der Waals surface area contributed by atoms with Crippen LogP contribution >= 0.6 is 11.6 Å². The Morgan fingerprint density at radius 1 is 0.920 bits per heavy atom. The summed E-state index contributed by atoms with van der Waals surface area (Å²) in [7, 11) is -3.70. The molecule has 134 valence electrons. The first-order valence-corrected chi connectivity index (χ1v) is 10.9. The van der Waals surface area contributed by atoms with E-state index in [0.717, 1.165) is 37.5 Å². The lowest BCUT2D eigenvalue weighted by atomic mass is 9.54. The van der Waals surface area contributed by atoms with Crippen LogP contribution in [0.5, 0.6) is 0 Å². The van der Waals surface area contributed by atoms with Crippen LogP contribution in [0.25, 0.3) is 0 Å². The van der Waals surface area contributed by atoms with Crippen LogP contribution in [0, 0.1) is 23.7 Å². The van der Waals surface area contributed by atoms with E-state index in [1.165, 1.54) is 23.0 Å². The zero-order chi connectivity index (χ0) is 17.3. The van der Waals surface area contributed by atoms with Gasteiger partial charge in [-0.3, -0.25) is 9.80 Å². The Morgan fingerprint density at radius 2 is 1.48 bits per heavy atom. The van der Waals surface area contributed by atoms with Gasteiger partial charge in [0.15, 0.2) is 0 Å². The summed E-state index contributed by atoms with van der Waals surface area (Å²) in [6.45, 7) is -0.0479. The summed E-state index contributed by atoms with van der Waals surface area (Å²) in [6.07, 6.45) is 5.93. The Morgan fingerprint density at radius 3 is 2.00 bits per heavy atom. The smallest absolute Gasteiger partial charge is 0.260 e. The zero-order valence-electron chi connectivity index (χ0n) is 13.8. The van der Waals surface area contributed by atoms with Crippen LogP contribution in [0.2, 0.25) is 5.02 Å². The minimum absolute atomic E-state index is 0.0479. The Bertz CT molecular complexity index is 795. The minimum atomic E-state index is -3.70. The number of hydrazine groups is 1. The van der Waals surface area contributed by atoms with Crippen molar-refractivity contribution < 1.29 is 13.2 Å². The van der Waals surface area contributed by atoms with Crippen molar-refractivity contribution in [1.29, 1.82) is 0 Å². The highest BCUT2D eigenvalue weighted by atomic mass is 35.5. The van der Waals surface area contributed by atoms with Crippen molar-refractivity contribution >= 4 is 27.5 Å². The molecular weight excluding hydrogens is 360 g/mol. The molecule has 1 saturated heterocycles. The molecule has 1 aromatic rings. The van der Waals surface area contributed by atoms with Crippen molar-refractivity contribution in [3.8, 4) is 0 Å². The fraction of sp³-hybridized carbons (Fsp3) is 0.611. The van der Waals surface area contributed by atoms with Crippen molar-refractivity contribution in [3.63, 3.8) is 0 Å². The second kappa shape index (κ2) is 5.44. The average molecular weight is 381 g/mol. The Kier molecular flexibility index (Phi) is 3.50. The minimum Gasteiger partial charge on any atom is -0.272 e. The normalized spacial score (nSPS) is 37.4. The Labute approximate surface area is 153 Å². The molecule has 0 atom stereocenters. The first-order chi connectivity index (χ1) is 11.9. The molecule has 1 aliphatic heterocycles. The van der Waals surface area contributed by atoms with Crippen LogP contribution in [0.4, 0.5) is 0 Å². The van der Waals surface area contributed by atoms with E-state index in [4.69, 9.17) is 11.6 Å². The third-order valence-corrected chi connectivity index (χ3v) is 8.59. The standard InChI is InChI=1S/C18H21ClN2O3S/c19-15-1-3-16(4-2-15)25(23,24)20-10-17(22)21(20)18-13-6-11-5-12(8-13)9-14(18)7-11/h1-4,11-14,18H,5-10H2. The SMILES string of the molecule is O=C1CN(S(=O)(=O)c2ccc(Cl)cc2)N1C1C2CC3CC(C2)CC1C3. The second-order valence-electron chi connectivity index (χ2n) is 8.10. The molecule has 4 aliphatic carbocycles. The van der Waals surface area contributed by atoms with Crippen LogP contribution in [0.15, 0.2) is 29.2 Å². The van der Waals surface area contributed by atoms with Gasteiger partial charge in [-0.05, 0) is 80.0 Å². The lowest BCUT2D eigenvalue weighted by molar-refractivity contribution is -0.189. The number of halogens is 1. The van der Waals surface area contributed by atoms with Crippen molar-refractivity contribution in [2.45, 2.75) is 43.0 Å². The van der Waals surface area contributed by atoms with Gasteiger partial charge in [-0.1, -0.05) is 16.0 Å². The third-order valence-electron chi connectivity index (χ3n) is 6.61. The molecule has 5 nitrogen and oxygen atoms in total. The van der Waals surface area contributed by atoms with E-state index in [9.17, 15) is 13.2 Å². The van der Waals surface area contributed by atoms with Crippen LogP contribution in [0.3, 0.4) is 0 Å². The maximum atomic E-state index is 13.0. The number of benzene rings is 1. The number of amides is 1. The predicted molar refractivity (Wildman–Crippen MR) is 93.0 cm³/mol. The Hall–Kier alpha value is -1.11. The molecule has 0 radical (unpaired) electrons. The summed E-state index contributed by atoms with van der Waals surface area (Å²) in [5.41, 5.74) is 0. The maximum absolute atomic E-state index is 13.0. The summed E-state index contributed by atoms with van der Waals surface area (Å²) in [5, 5.41) is 2.08. The largest absolute Gasteiger partial charge is 0.272 e. The first kappa shape index (κ1) is 16.1. The van der Waals surface area contributed by atoms with Crippen LogP contribution in [-0.2, 0) is 14.8 Å². The van der Waals surface area contributed by atoms with Crippen LogP contribution < -0.4 is 0 Å². The number of carbonyl (C=O) groups is 1. The molecule has 4 saturated carbocycles. The van der Waals surface area contributed by atoms with Gasteiger partial charge in [0.2, 0.25) is 0 Å². The highest BCUT2D eigenvalue weighted by Gasteiger charge is 2.56. The summed E-state index contributed by atoms with van der Waals surface area (Å²) in [5.74, 6) is 2.44. The molecule has 0 N–H and O–H groups in total. The van der Waals surface area contributed by atoms with Gasteiger partial charge in [0.1, 0.15) is 6.54 Å². The van der Waals surface area contributed by atoms with Crippen molar-refractivity contribution in [1.82, 2.24) is 9.42 Å². The van der Waals surface area contributed by atoms with E-state index in [1.807, 2.05) is 0 Å². The summed E-state index contributed by atoms with van der Waals surface area (Å²) in [6, 6.07) is 6.23. The van der Waals surface area contributed by atoms with Crippen LogP contribution in [0.1, 0.15) is 32.1 Å². The molecule has 0 aromatic heterocycles. The van der Waals surface area contributed by atoms with E-state index >= 15 is 0 Å². The van der Waals surface area contributed by atoms with Crippen molar-refractivity contribution in [2.24, 2.45) is 23.7 Å². The molecule has 6 rings (SSSR count). The van der Waals surface area contributed by atoms with E-state index in [1.54, 1.807) is 17.1 Å². The predicted octanol–water partition coefficient (Wildman–Crippen LogP) is 2.91. The number of rotatable bonds is 3. The van der Waals surface area contributed by atoms with Gasteiger partial charge < -0.3 is 0 Å². The monoisotopic (exact) mass is 380 g/mol. The summed E-state index contributed by atoms with van der Waals surface area (Å²) >= 11 is 5.87. The second-order valence-corrected chi connectivity index (χ2v) is 10.4. The van der Waals surface area contributed by atoms with Crippen molar-refractivity contribution in [3.05, 3.63) is 29.3 Å². The highest BCUT2D eigenvalue weighted by molar-refractivity contribution is 7.89. The molecule has 0 unspecified atom stereocenters. The number of nitrogens with zero attached hydrogens (tertiary/aromatic N) is 2. The zero-order valence-corrected chi connectivity index (χ0v) is 15.4. The molecule has 5 aliphatic rings. The molecule has 1 heterocycles. The molecule has 4 bridgehead atoms. The van der Waals surface area contributed by atoms with Crippen molar-refractivity contribution in [2.75, 3.05) is 6.54 Å². The summed E-state index contributed by atoms with van der Waals surface area (Å²) < 4.78 is 27.3. The summed E-state index contributed by atoms with van der Waals surface area (Å²) in [4.78, 5) is 12.6. The first-order valence-electron chi connectivity index (χ1n) is 9.04. The molecule has 5 fully saturated rings. The molecule has 0 spiro atoms. The van der Waals surface area contributed by atoms with Gasteiger partial charge in [-0.2, -0.15) is 0 Å². The van der Waals surface area contributed by atoms with Gasteiger partial charge >= 0.3 is 0 Å². The van der Waals surface area contributed by atoms with Gasteiger partial charge in [-0.15, -0.1) is 0 Å². The number of carbonyl (C=O) groups excluding carboxylic acids is 1. The fourth-order valence-electron chi connectivity index (χ4n) is 5.85. The molecule has 25 heavy (non-hydrogen) atoms. The van der Waals surface area contributed by atoms with E-state index in [0.29, 0.717) is 16.9 Å². The van der Waals surface area contributed by atoms with Gasteiger partial charge in [-0.25, -0.2) is 8.42 Å². The maximum Gasteiger partial charge on any atom is 0.260 e. The quantitative estimate of drug-likeness (QED) is 0.810. The third kappa shape index (κ3) is 2.37. The van der Waals surface area contributed by atoms with E-state index < -0.39 is 10.0 Å². The molecular formula is C18H21ClN2O3S. The highest BCUT2D eigenvalue weighted by Crippen LogP contribution is 2.56. The lowest BCUT2D eigenvalue weighted by Gasteiger charge is -2.60. The number of hydrogen-bond acceptors (Lipinski definition) is 3. The van der Waals surface area contributed by atoms with Gasteiger partial charge in [0.25, 0.3) is 15.9 Å². The van der Waals surface area contributed by atoms with Gasteiger partial charge in [0.05, 0.1) is 10.9 Å². The Balaban J connectivity index is 1.45. The van der Waals surface area contributed by atoms with E-state index in [-0.39, 0.29) is 23.4 Å². The van der Waals surface area contributed by atoms with Crippen LogP contribution in [-0.4, -0.2) is 36.3 Å². The molecule has 7 heteroatoms. The number of hydrogen-bond donors (Lipinski definition) is 0. The lowest BCUT2D eigenvalue weighted by Crippen LogP contribution is -2.71. The van der Waals surface area contributed by atoms with E-state index in [2.05, 4.69) is 0 Å². The fourth-order valence-corrected chi connectivity index (χ4v) is 7.41. The average Bonchev–Trinajstić information content (AvgIpc) is 2.55. The molecule has 1 aromatic carbocycles. The topological polar surface area (TPSA) is 57.7 Å². The van der Waals surface area contributed by atoms with Gasteiger partial charge in [0, 0.05) is 5.02 Å². The number of sulfonamides is 1.